The summed E-state index contributed by atoms with van der Waals surface area (Å²) in [4.78, 5) is 11.8. The Kier molecular flexibility index (Phi) is 4.88. The van der Waals surface area contributed by atoms with E-state index in [1.165, 1.54) is 25.7 Å². The average molecular weight is 279 g/mol. The largest absolute Gasteiger partial charge is 0.480 e. The first-order chi connectivity index (χ1) is 9.19. The van der Waals surface area contributed by atoms with Crippen molar-refractivity contribution in [2.75, 3.05) is 12.8 Å². The maximum absolute atomic E-state index is 11.8. The van der Waals surface area contributed by atoms with Crippen LogP contribution in [0.3, 0.4) is 0 Å². The van der Waals surface area contributed by atoms with Crippen LogP contribution < -0.4 is 5.32 Å². The minimum Gasteiger partial charge on any atom is -0.480 e. The molecule has 0 heterocycles. The van der Waals surface area contributed by atoms with Crippen LogP contribution in [0.4, 0.5) is 0 Å². The van der Waals surface area contributed by atoms with Gasteiger partial charge in [0.15, 0.2) is 5.54 Å². The Bertz CT molecular complexity index is 417. The van der Waals surface area contributed by atoms with E-state index in [4.69, 9.17) is 0 Å². The summed E-state index contributed by atoms with van der Waals surface area (Å²) in [5.41, 5.74) is -0.148. The maximum atomic E-state index is 11.8. The smallest absolute Gasteiger partial charge is 0.329 e. The van der Waals surface area contributed by atoms with Crippen LogP contribution in [0.25, 0.3) is 0 Å². The monoisotopic (exact) mass is 279 g/mol. The van der Waals surface area contributed by atoms with Crippen LogP contribution in [0.2, 0.25) is 0 Å². The molecule has 0 aromatic heterocycles. The van der Waals surface area contributed by atoms with Crippen LogP contribution in [0, 0.1) is 0 Å². The van der Waals surface area contributed by atoms with E-state index < -0.39 is 11.5 Å². The molecule has 1 atom stereocenters. The Hall–Kier alpha value is -1.00. The molecule has 0 spiro atoms. The lowest BCUT2D eigenvalue weighted by Gasteiger charge is -2.30. The van der Waals surface area contributed by atoms with E-state index in [9.17, 15) is 9.90 Å². The third-order valence-electron chi connectivity index (χ3n) is 3.90. The van der Waals surface area contributed by atoms with Gasteiger partial charge in [-0.05, 0) is 25.5 Å². The molecule has 2 rings (SSSR count). The molecule has 0 aliphatic heterocycles. The van der Waals surface area contributed by atoms with Gasteiger partial charge in [-0.1, -0.05) is 43.2 Å². The summed E-state index contributed by atoms with van der Waals surface area (Å²) in [7, 11) is 1.73. The molecule has 1 fully saturated rings. The number of thioether (sulfide) groups is 1. The van der Waals surface area contributed by atoms with Crippen molar-refractivity contribution in [2.24, 2.45) is 0 Å². The van der Waals surface area contributed by atoms with Crippen molar-refractivity contribution in [3.63, 3.8) is 0 Å². The molecule has 4 heteroatoms. The van der Waals surface area contributed by atoms with Crippen molar-refractivity contribution in [2.45, 2.75) is 36.5 Å². The molecule has 1 aromatic rings. The predicted octanol–water partition coefficient (Wildman–Crippen LogP) is 2.86. The second-order valence-corrected chi connectivity index (χ2v) is 6.33. The van der Waals surface area contributed by atoms with Gasteiger partial charge in [-0.25, -0.2) is 4.79 Å². The van der Waals surface area contributed by atoms with Gasteiger partial charge in [-0.3, -0.25) is 0 Å². The number of aliphatic carboxylic acids is 1. The normalized spacial score (nSPS) is 19.2. The van der Waals surface area contributed by atoms with Gasteiger partial charge in [0.2, 0.25) is 0 Å². The molecule has 1 saturated carbocycles. The summed E-state index contributed by atoms with van der Waals surface area (Å²) in [5, 5.41) is 13.3. The summed E-state index contributed by atoms with van der Waals surface area (Å²) < 4.78 is 0. The Balaban J connectivity index is 2.16. The van der Waals surface area contributed by atoms with Crippen LogP contribution >= 0.6 is 11.8 Å². The van der Waals surface area contributed by atoms with E-state index in [0.717, 1.165) is 5.56 Å². The molecule has 1 aliphatic carbocycles. The number of nitrogens with one attached hydrogen (secondary N) is 1. The quantitative estimate of drug-likeness (QED) is 0.840. The summed E-state index contributed by atoms with van der Waals surface area (Å²) in [6, 6.07) is 9.48. The fourth-order valence-electron chi connectivity index (χ4n) is 2.61. The third kappa shape index (κ3) is 3.12. The fraction of sp³-hybridized carbons (Fsp3) is 0.533. The van der Waals surface area contributed by atoms with Crippen molar-refractivity contribution in [3.8, 4) is 0 Å². The lowest BCUT2D eigenvalue weighted by Crippen LogP contribution is -2.50. The Morgan fingerprint density at radius 1 is 1.37 bits per heavy atom. The van der Waals surface area contributed by atoms with Gasteiger partial charge in [0.1, 0.15) is 0 Å². The lowest BCUT2D eigenvalue weighted by molar-refractivity contribution is -0.144. The minimum atomic E-state index is -0.978. The van der Waals surface area contributed by atoms with Crippen LogP contribution in [-0.2, 0) is 10.3 Å². The average Bonchev–Trinajstić information content (AvgIpc) is 2.94. The second kappa shape index (κ2) is 6.44. The van der Waals surface area contributed by atoms with E-state index >= 15 is 0 Å². The van der Waals surface area contributed by atoms with E-state index in [0.29, 0.717) is 11.0 Å². The highest BCUT2D eigenvalue weighted by atomic mass is 32.2. The molecule has 2 N–H and O–H groups in total. The first-order valence-corrected chi connectivity index (χ1v) is 7.83. The molecule has 19 heavy (non-hydrogen) atoms. The number of benzene rings is 1. The van der Waals surface area contributed by atoms with E-state index in [2.05, 4.69) is 5.32 Å². The number of carboxylic acid groups (broad SMARTS) is 1. The topological polar surface area (TPSA) is 49.3 Å². The SMILES string of the molecule is CNC(CSC1CCCC1)(C(=O)O)c1ccccc1. The van der Waals surface area contributed by atoms with Crippen molar-refractivity contribution < 1.29 is 9.90 Å². The van der Waals surface area contributed by atoms with Crippen molar-refractivity contribution in [1.82, 2.24) is 5.32 Å². The summed E-state index contributed by atoms with van der Waals surface area (Å²) in [6.45, 7) is 0. The van der Waals surface area contributed by atoms with Crippen LogP contribution in [0.5, 0.6) is 0 Å². The zero-order valence-electron chi connectivity index (χ0n) is 11.3. The highest BCUT2D eigenvalue weighted by Gasteiger charge is 2.39. The van der Waals surface area contributed by atoms with Gasteiger partial charge >= 0.3 is 5.97 Å². The first-order valence-electron chi connectivity index (χ1n) is 6.78. The molecule has 1 aliphatic rings. The number of carbonyl (C=O) groups is 1. The van der Waals surface area contributed by atoms with E-state index in [1.807, 2.05) is 30.3 Å². The molecule has 0 radical (unpaired) electrons. The van der Waals surface area contributed by atoms with Gasteiger partial charge < -0.3 is 10.4 Å². The predicted molar refractivity (Wildman–Crippen MR) is 79.5 cm³/mol. The molecule has 3 nitrogen and oxygen atoms in total. The molecule has 0 saturated heterocycles. The Labute approximate surface area is 118 Å². The highest BCUT2D eigenvalue weighted by molar-refractivity contribution is 8.00. The van der Waals surface area contributed by atoms with Crippen LogP contribution in [0.1, 0.15) is 31.2 Å². The lowest BCUT2D eigenvalue weighted by atomic mass is 9.92. The molecule has 104 valence electrons. The third-order valence-corrected chi connectivity index (χ3v) is 5.44. The van der Waals surface area contributed by atoms with Gasteiger partial charge in [-0.15, -0.1) is 0 Å². The molecule has 1 aromatic carbocycles. The van der Waals surface area contributed by atoms with E-state index in [-0.39, 0.29) is 0 Å². The maximum Gasteiger partial charge on any atom is 0.329 e. The van der Waals surface area contributed by atoms with Gasteiger partial charge in [0, 0.05) is 11.0 Å². The standard InChI is InChI=1S/C15H21NO2S/c1-16-15(14(17)18,12-7-3-2-4-8-12)11-19-13-9-5-6-10-13/h2-4,7-8,13,16H,5-6,9-11H2,1H3,(H,17,18). The van der Waals surface area contributed by atoms with Crippen molar-refractivity contribution >= 4 is 17.7 Å². The summed E-state index contributed by atoms with van der Waals surface area (Å²) >= 11 is 1.80. The summed E-state index contributed by atoms with van der Waals surface area (Å²) in [6.07, 6.45) is 5.00. The van der Waals surface area contributed by atoms with Crippen LogP contribution in [0.15, 0.2) is 30.3 Å². The first kappa shape index (κ1) is 14.4. The fourth-order valence-corrected chi connectivity index (χ4v) is 4.20. The second-order valence-electron chi connectivity index (χ2n) is 5.04. The summed E-state index contributed by atoms with van der Waals surface area (Å²) in [5.74, 6) is -0.222. The van der Waals surface area contributed by atoms with Gasteiger partial charge in [-0.2, -0.15) is 11.8 Å². The molecule has 0 bridgehead atoms. The number of rotatable bonds is 6. The van der Waals surface area contributed by atoms with Crippen molar-refractivity contribution in [3.05, 3.63) is 35.9 Å². The van der Waals surface area contributed by atoms with Gasteiger partial charge in [0.05, 0.1) is 0 Å². The number of hydrogen-bond donors (Lipinski definition) is 2. The number of likely N-dealkylation sites (N-methyl/N-ethyl adjacent to an activating group) is 1. The van der Waals surface area contributed by atoms with Gasteiger partial charge in [0.25, 0.3) is 0 Å². The minimum absolute atomic E-state index is 0.577. The molecule has 0 amide bonds. The van der Waals surface area contributed by atoms with Crippen LogP contribution in [-0.4, -0.2) is 29.1 Å². The molecular formula is C15H21NO2S. The number of hydrogen-bond acceptors (Lipinski definition) is 3. The highest BCUT2D eigenvalue weighted by Crippen LogP contribution is 2.34. The van der Waals surface area contributed by atoms with Crippen molar-refractivity contribution in [1.29, 1.82) is 0 Å². The zero-order valence-corrected chi connectivity index (χ0v) is 12.1. The Morgan fingerprint density at radius 3 is 2.53 bits per heavy atom. The zero-order chi connectivity index (χ0) is 13.7. The molecular weight excluding hydrogens is 258 g/mol. The number of carboxylic acids is 1. The molecule has 1 unspecified atom stereocenters. The Morgan fingerprint density at radius 2 is 2.00 bits per heavy atom. The van der Waals surface area contributed by atoms with E-state index in [1.54, 1.807) is 18.8 Å².